The molecule has 0 aliphatic carbocycles. The molecule has 1 saturated heterocycles. The van der Waals surface area contributed by atoms with Crippen LogP contribution < -0.4 is 4.72 Å². The highest BCUT2D eigenvalue weighted by atomic mass is 32.2. The van der Waals surface area contributed by atoms with Gasteiger partial charge >= 0.3 is 11.9 Å². The highest BCUT2D eigenvalue weighted by Crippen LogP contribution is 2.51. The minimum absolute atomic E-state index is 0.119. The Labute approximate surface area is 245 Å². The number of sulfonamides is 1. The molecule has 11 nitrogen and oxygen atoms in total. The van der Waals surface area contributed by atoms with Gasteiger partial charge in [-0.25, -0.2) is 13.2 Å². The molecule has 2 aromatic rings. The number of morpholine rings is 1. The number of esters is 2. The van der Waals surface area contributed by atoms with Crippen LogP contribution in [0.3, 0.4) is 0 Å². The third-order valence-corrected chi connectivity index (χ3v) is 7.73. The number of hydrogen-bond donors (Lipinski definition) is 1. The van der Waals surface area contributed by atoms with Crippen LogP contribution in [0.4, 0.5) is 5.69 Å². The molecule has 0 saturated carbocycles. The first-order chi connectivity index (χ1) is 20.2. The molecule has 0 aromatic heterocycles. The third-order valence-electron chi connectivity index (χ3n) is 7.12. The number of anilines is 1. The second-order valence-electron chi connectivity index (χ2n) is 9.98. The monoisotopic (exact) mass is 594 g/mol. The van der Waals surface area contributed by atoms with Crippen molar-refractivity contribution in [3.8, 4) is 0 Å². The van der Waals surface area contributed by atoms with E-state index in [0.29, 0.717) is 49.1 Å². The van der Waals surface area contributed by atoms with E-state index in [1.807, 2.05) is 36.4 Å². The van der Waals surface area contributed by atoms with Crippen molar-refractivity contribution in [2.75, 3.05) is 50.5 Å². The van der Waals surface area contributed by atoms with Gasteiger partial charge in [-0.3, -0.25) is 14.5 Å². The Bertz CT molecular complexity index is 1530. The summed E-state index contributed by atoms with van der Waals surface area (Å²) in [6.45, 7) is 6.02. The first kappa shape index (κ1) is 29.3. The lowest BCUT2D eigenvalue weighted by Gasteiger charge is -2.36. The first-order valence-corrected chi connectivity index (χ1v) is 15.7. The van der Waals surface area contributed by atoms with Gasteiger partial charge in [0.05, 0.1) is 50.0 Å². The minimum atomic E-state index is -3.49. The molecule has 2 aromatic carbocycles. The second kappa shape index (κ2) is 12.4. The Morgan fingerprint density at radius 3 is 2.29 bits per heavy atom. The first-order valence-electron chi connectivity index (χ1n) is 13.9. The van der Waals surface area contributed by atoms with Crippen LogP contribution in [-0.2, 0) is 33.8 Å². The number of ether oxygens (including phenoxy) is 3. The molecule has 2 unspecified atom stereocenters. The van der Waals surface area contributed by atoms with Crippen LogP contribution >= 0.6 is 0 Å². The van der Waals surface area contributed by atoms with E-state index in [4.69, 9.17) is 19.3 Å². The Hall–Kier alpha value is -4.16. The van der Waals surface area contributed by atoms with Crippen LogP contribution in [0.25, 0.3) is 5.57 Å². The Morgan fingerprint density at radius 2 is 1.67 bits per heavy atom. The molecule has 0 bridgehead atoms. The Morgan fingerprint density at radius 1 is 1.00 bits per heavy atom. The van der Waals surface area contributed by atoms with Gasteiger partial charge in [-0.05, 0) is 43.2 Å². The fourth-order valence-electron chi connectivity index (χ4n) is 5.42. The minimum Gasteiger partial charge on any atom is -0.465 e. The lowest BCUT2D eigenvalue weighted by atomic mass is 9.88. The molecule has 0 spiro atoms. The fraction of sp³-hybridized carbons (Fsp3) is 0.367. The number of carbonyl (C=O) groups is 2. The highest BCUT2D eigenvalue weighted by molar-refractivity contribution is 7.92. The molecule has 222 valence electrons. The summed E-state index contributed by atoms with van der Waals surface area (Å²) in [5.74, 6) is -1.59. The number of rotatable bonds is 8. The van der Waals surface area contributed by atoms with E-state index < -0.39 is 33.9 Å². The molecule has 2 atom stereocenters. The van der Waals surface area contributed by atoms with Gasteiger partial charge in [0.1, 0.15) is 11.8 Å². The number of amidine groups is 1. The lowest BCUT2D eigenvalue weighted by molar-refractivity contribution is -0.151. The second-order valence-corrected chi connectivity index (χ2v) is 11.7. The van der Waals surface area contributed by atoms with Crippen LogP contribution in [0.15, 0.2) is 77.0 Å². The summed E-state index contributed by atoms with van der Waals surface area (Å²) in [6, 6.07) is 15.5. The van der Waals surface area contributed by atoms with Crippen molar-refractivity contribution in [1.29, 1.82) is 0 Å². The van der Waals surface area contributed by atoms with Crippen molar-refractivity contribution in [1.82, 2.24) is 9.91 Å². The summed E-state index contributed by atoms with van der Waals surface area (Å²) in [4.78, 5) is 29.5. The number of carbonyl (C=O) groups excluding carboxylic acids is 2. The van der Waals surface area contributed by atoms with E-state index in [9.17, 15) is 18.0 Å². The number of hydrogen-bond acceptors (Lipinski definition) is 10. The number of allylic oxidation sites excluding steroid dienone is 1. The topological polar surface area (TPSA) is 127 Å². The van der Waals surface area contributed by atoms with Crippen molar-refractivity contribution in [2.45, 2.75) is 19.9 Å². The number of fused-ring (bicyclic) bond motifs is 1. The average molecular weight is 595 g/mol. The van der Waals surface area contributed by atoms with Gasteiger partial charge in [0, 0.05) is 24.4 Å². The summed E-state index contributed by atoms with van der Waals surface area (Å²) >= 11 is 0. The number of benzene rings is 2. The normalized spacial score (nSPS) is 20.5. The molecule has 3 heterocycles. The van der Waals surface area contributed by atoms with Crippen molar-refractivity contribution in [3.63, 3.8) is 0 Å². The van der Waals surface area contributed by atoms with Gasteiger partial charge in [-0.1, -0.05) is 42.5 Å². The van der Waals surface area contributed by atoms with E-state index in [0.717, 1.165) is 17.4 Å². The van der Waals surface area contributed by atoms with Crippen LogP contribution in [0, 0.1) is 5.92 Å². The Balaban J connectivity index is 1.72. The molecule has 0 radical (unpaired) electrons. The van der Waals surface area contributed by atoms with Crippen LogP contribution in [0.1, 0.15) is 31.0 Å². The maximum Gasteiger partial charge on any atom is 0.337 e. The summed E-state index contributed by atoms with van der Waals surface area (Å²) < 4.78 is 42.7. The molecule has 5 rings (SSSR count). The van der Waals surface area contributed by atoms with Gasteiger partial charge < -0.3 is 19.1 Å². The van der Waals surface area contributed by atoms with E-state index in [2.05, 4.69) is 9.62 Å². The number of nitrogens with one attached hydrogen (secondary N) is 1. The van der Waals surface area contributed by atoms with E-state index in [1.54, 1.807) is 43.1 Å². The van der Waals surface area contributed by atoms with Crippen LogP contribution in [0.2, 0.25) is 0 Å². The molecule has 0 amide bonds. The van der Waals surface area contributed by atoms with E-state index >= 15 is 0 Å². The lowest BCUT2D eigenvalue weighted by Crippen LogP contribution is -2.42. The molecular formula is C30H34N4O7S. The van der Waals surface area contributed by atoms with Crippen molar-refractivity contribution < 1.29 is 32.2 Å². The summed E-state index contributed by atoms with van der Waals surface area (Å²) in [6.07, 6.45) is 3.01. The smallest absolute Gasteiger partial charge is 0.337 e. The average Bonchev–Trinajstić information content (AvgIpc) is 3.33. The highest BCUT2D eigenvalue weighted by Gasteiger charge is 2.52. The number of nitrogens with zero attached hydrogens (tertiary/aromatic N) is 3. The third kappa shape index (κ3) is 6.04. The van der Waals surface area contributed by atoms with Gasteiger partial charge in [0.2, 0.25) is 10.0 Å². The molecule has 1 fully saturated rings. The fourth-order valence-corrected chi connectivity index (χ4v) is 5.98. The van der Waals surface area contributed by atoms with E-state index in [1.165, 1.54) is 0 Å². The summed E-state index contributed by atoms with van der Waals surface area (Å²) in [5.41, 5.74) is 3.21. The van der Waals surface area contributed by atoms with Crippen molar-refractivity contribution in [2.24, 2.45) is 11.0 Å². The van der Waals surface area contributed by atoms with Crippen LogP contribution in [0.5, 0.6) is 0 Å². The largest absolute Gasteiger partial charge is 0.465 e. The molecule has 3 aliphatic heterocycles. The molecule has 3 aliphatic rings. The van der Waals surface area contributed by atoms with Crippen molar-refractivity contribution in [3.05, 3.63) is 83.1 Å². The molecule has 1 N–H and O–H groups in total. The predicted molar refractivity (Wildman–Crippen MR) is 158 cm³/mol. The summed E-state index contributed by atoms with van der Waals surface area (Å²) in [7, 11) is -3.49. The maximum absolute atomic E-state index is 13.7. The molecule has 12 heteroatoms. The Kier molecular flexibility index (Phi) is 8.64. The zero-order chi connectivity index (χ0) is 29.9. The van der Waals surface area contributed by atoms with Gasteiger partial charge in [-0.15, -0.1) is 0 Å². The maximum atomic E-state index is 13.7. The SMILES string of the molecule is CCOC(=O)C1=C2C(c3ccccc3)=CC(N3CCOCC3)=NN2C(c2ccc(NS(C)(=O)=O)cc2)C1C(=O)OCC. The summed E-state index contributed by atoms with van der Waals surface area (Å²) in [5, 5.41) is 6.75. The quantitative estimate of drug-likeness (QED) is 0.459. The molecule has 42 heavy (non-hydrogen) atoms. The van der Waals surface area contributed by atoms with Gasteiger partial charge in [0.25, 0.3) is 0 Å². The number of hydrazone groups is 1. The van der Waals surface area contributed by atoms with E-state index in [-0.39, 0.29) is 18.8 Å². The zero-order valence-corrected chi connectivity index (χ0v) is 24.6. The van der Waals surface area contributed by atoms with Gasteiger partial charge in [0.15, 0.2) is 0 Å². The van der Waals surface area contributed by atoms with Crippen LogP contribution in [-0.4, -0.2) is 81.9 Å². The van der Waals surface area contributed by atoms with Gasteiger partial charge in [-0.2, -0.15) is 5.10 Å². The molecular weight excluding hydrogens is 560 g/mol. The standard InChI is InChI=1S/C30H34N4O7S/c1-4-40-29(35)25-26(30(36)41-5-2)28-23(20-9-7-6-8-10-20)19-24(33-15-17-39-18-16-33)31-34(28)27(25)21-11-13-22(14-12-21)32-42(3,37)38/h6-14,19,25,27,32H,4-5,15-18H2,1-3H3. The zero-order valence-electron chi connectivity index (χ0n) is 23.8. The van der Waals surface area contributed by atoms with Crippen molar-refractivity contribution >= 4 is 39.1 Å². The predicted octanol–water partition coefficient (Wildman–Crippen LogP) is 3.15.